The second-order valence-corrected chi connectivity index (χ2v) is 5.18. The fraction of sp³-hybridized carbons (Fsp3) is 0.692. The van der Waals surface area contributed by atoms with Crippen molar-refractivity contribution in [1.29, 1.82) is 0 Å². The lowest BCUT2D eigenvalue weighted by molar-refractivity contribution is 0.0831. The molecule has 112 valence electrons. The molecule has 1 aromatic heterocycles. The van der Waals surface area contributed by atoms with Crippen LogP contribution < -0.4 is 10.6 Å². The summed E-state index contributed by atoms with van der Waals surface area (Å²) in [6, 6.07) is 1.71. The number of aromatic nitrogens is 2. The number of hydrogen-bond acceptors (Lipinski definition) is 7. The van der Waals surface area contributed by atoms with E-state index in [1.165, 1.54) is 0 Å². The zero-order valence-corrected chi connectivity index (χ0v) is 11.6. The Balaban J connectivity index is 2.25. The first-order valence-electron chi connectivity index (χ1n) is 6.90. The molecule has 0 amide bonds. The molecule has 1 aliphatic carbocycles. The molecule has 0 aromatic carbocycles. The van der Waals surface area contributed by atoms with Gasteiger partial charge in [-0.3, -0.25) is 0 Å². The maximum atomic E-state index is 9.36. The van der Waals surface area contributed by atoms with E-state index in [-0.39, 0.29) is 19.8 Å². The first-order chi connectivity index (χ1) is 9.66. The molecule has 2 rings (SSSR count). The molecule has 20 heavy (non-hydrogen) atoms. The van der Waals surface area contributed by atoms with E-state index in [9.17, 15) is 15.3 Å². The highest BCUT2D eigenvalue weighted by Gasteiger charge is 2.31. The van der Waals surface area contributed by atoms with E-state index in [4.69, 9.17) is 0 Å². The largest absolute Gasteiger partial charge is 0.394 e. The molecule has 0 radical (unpaired) electrons. The molecule has 0 spiro atoms. The van der Waals surface area contributed by atoms with Gasteiger partial charge in [0.2, 0.25) is 0 Å². The summed E-state index contributed by atoms with van der Waals surface area (Å²) in [5, 5.41) is 34.1. The van der Waals surface area contributed by atoms with Crippen LogP contribution in [0.1, 0.15) is 31.5 Å². The maximum absolute atomic E-state index is 9.36. The number of rotatable bonds is 8. The van der Waals surface area contributed by atoms with Gasteiger partial charge in [-0.2, -0.15) is 0 Å². The predicted molar refractivity (Wildman–Crippen MR) is 75.8 cm³/mol. The highest BCUT2D eigenvalue weighted by Crippen LogP contribution is 2.39. The van der Waals surface area contributed by atoms with Gasteiger partial charge >= 0.3 is 0 Å². The summed E-state index contributed by atoms with van der Waals surface area (Å²) in [4.78, 5) is 8.85. The zero-order chi connectivity index (χ0) is 14.6. The minimum absolute atomic E-state index is 0.390. The van der Waals surface area contributed by atoms with Crippen LogP contribution in [0.25, 0.3) is 0 Å². The zero-order valence-electron chi connectivity index (χ0n) is 11.6. The molecule has 1 heterocycles. The van der Waals surface area contributed by atoms with Crippen molar-refractivity contribution in [2.24, 2.45) is 0 Å². The van der Waals surface area contributed by atoms with Crippen LogP contribution in [0.15, 0.2) is 6.07 Å². The minimum Gasteiger partial charge on any atom is -0.394 e. The Morgan fingerprint density at radius 1 is 1.15 bits per heavy atom. The van der Waals surface area contributed by atoms with Gasteiger partial charge < -0.3 is 26.0 Å². The Morgan fingerprint density at radius 2 is 1.75 bits per heavy atom. The monoisotopic (exact) mass is 282 g/mol. The van der Waals surface area contributed by atoms with E-state index < -0.39 is 5.54 Å². The van der Waals surface area contributed by atoms with Crippen LogP contribution in [0.2, 0.25) is 0 Å². The molecule has 0 saturated heterocycles. The molecule has 7 heteroatoms. The summed E-state index contributed by atoms with van der Waals surface area (Å²) >= 11 is 0. The van der Waals surface area contributed by atoms with Gasteiger partial charge in [0.1, 0.15) is 23.0 Å². The summed E-state index contributed by atoms with van der Waals surface area (Å²) in [6.45, 7) is 1.55. The van der Waals surface area contributed by atoms with Crippen LogP contribution in [0, 0.1) is 0 Å². The third-order valence-corrected chi connectivity index (χ3v) is 3.35. The number of nitrogens with zero attached hydrogens (tertiary/aromatic N) is 2. The van der Waals surface area contributed by atoms with Crippen LogP contribution in [-0.2, 0) is 0 Å². The highest BCUT2D eigenvalue weighted by molar-refractivity contribution is 5.49. The summed E-state index contributed by atoms with van der Waals surface area (Å²) in [7, 11) is 0. The second kappa shape index (κ2) is 6.34. The molecular formula is C13H22N4O3. The normalized spacial score (nSPS) is 15.2. The molecule has 0 aliphatic heterocycles. The molecule has 0 bridgehead atoms. The van der Waals surface area contributed by atoms with E-state index in [1.54, 1.807) is 6.07 Å². The topological polar surface area (TPSA) is 111 Å². The van der Waals surface area contributed by atoms with Gasteiger partial charge in [0, 0.05) is 18.5 Å². The van der Waals surface area contributed by atoms with Gasteiger partial charge in [0.05, 0.1) is 19.8 Å². The average Bonchev–Trinajstić information content (AvgIpc) is 3.30. The Kier molecular flexibility index (Phi) is 4.74. The molecule has 1 aliphatic rings. The summed E-state index contributed by atoms with van der Waals surface area (Å²) in [5.74, 6) is 2.35. The van der Waals surface area contributed by atoms with Crippen molar-refractivity contribution in [2.75, 3.05) is 37.0 Å². The van der Waals surface area contributed by atoms with E-state index in [0.29, 0.717) is 17.6 Å². The van der Waals surface area contributed by atoms with Gasteiger partial charge in [0.25, 0.3) is 0 Å². The van der Waals surface area contributed by atoms with Crippen molar-refractivity contribution in [3.63, 3.8) is 0 Å². The number of anilines is 2. The average molecular weight is 282 g/mol. The van der Waals surface area contributed by atoms with Crippen molar-refractivity contribution in [1.82, 2.24) is 9.97 Å². The number of hydrogen-bond donors (Lipinski definition) is 5. The SMILES string of the molecule is CCNc1cc(NC(CO)(CO)CO)nc(C2CC2)n1. The third kappa shape index (κ3) is 3.36. The molecule has 5 N–H and O–H groups in total. The maximum Gasteiger partial charge on any atom is 0.136 e. The molecule has 1 fully saturated rings. The first kappa shape index (κ1) is 15.0. The molecule has 7 nitrogen and oxygen atoms in total. The Labute approximate surface area is 118 Å². The summed E-state index contributed by atoms with van der Waals surface area (Å²) in [5.41, 5.74) is -1.18. The fourth-order valence-electron chi connectivity index (χ4n) is 1.87. The predicted octanol–water partition coefficient (Wildman–Crippen LogP) is -0.0866. The molecular weight excluding hydrogens is 260 g/mol. The first-order valence-corrected chi connectivity index (χ1v) is 6.90. The van der Waals surface area contributed by atoms with Gasteiger partial charge in [-0.15, -0.1) is 0 Å². The van der Waals surface area contributed by atoms with Crippen molar-refractivity contribution in [3.05, 3.63) is 11.9 Å². The van der Waals surface area contributed by atoms with Gasteiger partial charge in [-0.05, 0) is 19.8 Å². The van der Waals surface area contributed by atoms with Crippen LogP contribution in [0.5, 0.6) is 0 Å². The van der Waals surface area contributed by atoms with Crippen LogP contribution >= 0.6 is 0 Å². The van der Waals surface area contributed by atoms with E-state index in [0.717, 1.165) is 25.2 Å². The molecule has 1 saturated carbocycles. The standard InChI is InChI=1S/C13H22N4O3/c1-2-14-10-5-11(16-12(15-10)9-3-4-9)17-13(6-18,7-19)8-20/h5,9,18-20H,2-4,6-8H2,1H3,(H2,14,15,16,17). The number of aliphatic hydroxyl groups is 3. The summed E-state index contributed by atoms with van der Waals surface area (Å²) < 4.78 is 0. The highest BCUT2D eigenvalue weighted by atomic mass is 16.3. The van der Waals surface area contributed by atoms with Crippen molar-refractivity contribution in [3.8, 4) is 0 Å². The van der Waals surface area contributed by atoms with Crippen LogP contribution in [0.3, 0.4) is 0 Å². The van der Waals surface area contributed by atoms with Gasteiger partial charge in [-0.25, -0.2) is 9.97 Å². The minimum atomic E-state index is -1.18. The smallest absolute Gasteiger partial charge is 0.136 e. The fourth-order valence-corrected chi connectivity index (χ4v) is 1.87. The molecule has 0 atom stereocenters. The Bertz CT molecular complexity index is 439. The van der Waals surface area contributed by atoms with Crippen LogP contribution in [-0.4, -0.2) is 57.2 Å². The van der Waals surface area contributed by atoms with Crippen molar-refractivity contribution >= 4 is 11.6 Å². The Hall–Kier alpha value is -1.44. The van der Waals surface area contributed by atoms with Crippen LogP contribution in [0.4, 0.5) is 11.6 Å². The molecule has 0 unspecified atom stereocenters. The number of nitrogens with one attached hydrogen (secondary N) is 2. The molecule has 1 aromatic rings. The number of aliphatic hydroxyl groups excluding tert-OH is 3. The van der Waals surface area contributed by atoms with E-state index in [1.807, 2.05) is 6.92 Å². The van der Waals surface area contributed by atoms with E-state index in [2.05, 4.69) is 20.6 Å². The lowest BCUT2D eigenvalue weighted by Crippen LogP contribution is -2.49. The van der Waals surface area contributed by atoms with E-state index >= 15 is 0 Å². The quantitative estimate of drug-likeness (QED) is 0.453. The summed E-state index contributed by atoms with van der Waals surface area (Å²) in [6.07, 6.45) is 2.17. The van der Waals surface area contributed by atoms with Gasteiger partial charge in [0.15, 0.2) is 0 Å². The lowest BCUT2D eigenvalue weighted by atomic mass is 10.0. The second-order valence-electron chi connectivity index (χ2n) is 5.18. The lowest BCUT2D eigenvalue weighted by Gasteiger charge is -2.29. The van der Waals surface area contributed by atoms with Gasteiger partial charge in [-0.1, -0.05) is 0 Å². The third-order valence-electron chi connectivity index (χ3n) is 3.35. The van der Waals surface area contributed by atoms with Crippen molar-refractivity contribution in [2.45, 2.75) is 31.2 Å². The van der Waals surface area contributed by atoms with Crippen molar-refractivity contribution < 1.29 is 15.3 Å². The Morgan fingerprint density at radius 3 is 2.25 bits per heavy atom.